The molecule has 0 bridgehead atoms. The highest BCUT2D eigenvalue weighted by Gasteiger charge is 2.55. The molecule has 0 spiro atoms. The third-order valence-electron chi connectivity index (χ3n) is 7.56. The molecule has 40 heavy (non-hydrogen) atoms. The van der Waals surface area contributed by atoms with E-state index < -0.39 is 54.7 Å². The molecule has 0 aliphatic carbocycles. The number of nitrogens with one attached hydrogen (secondary N) is 1. The van der Waals surface area contributed by atoms with Crippen molar-refractivity contribution in [1.82, 2.24) is 10.1 Å². The molecular weight excluding hydrogens is 527 g/mol. The Morgan fingerprint density at radius 1 is 1.02 bits per heavy atom. The molecule has 0 unspecified atom stereocenters. The van der Waals surface area contributed by atoms with Gasteiger partial charge in [-0.05, 0) is 19.4 Å². The predicted molar refractivity (Wildman–Crippen MR) is 138 cm³/mol. The summed E-state index contributed by atoms with van der Waals surface area (Å²) in [7, 11) is 0. The Hall–Kier alpha value is -4.48. The second-order valence-corrected chi connectivity index (χ2v) is 9.98. The van der Waals surface area contributed by atoms with E-state index in [0.29, 0.717) is 34.8 Å². The summed E-state index contributed by atoms with van der Waals surface area (Å²) in [5.74, 6) is -4.94. The zero-order valence-electron chi connectivity index (χ0n) is 21.3. The number of carbonyl (C=O) groups is 3. The van der Waals surface area contributed by atoms with Gasteiger partial charge in [0.2, 0.25) is 18.0 Å². The topological polar surface area (TPSA) is 108 Å². The molecule has 3 amide bonds. The number of aliphatic imine (C=N–C) groups is 1. The Morgan fingerprint density at radius 2 is 1.80 bits per heavy atom. The molecule has 1 saturated heterocycles. The summed E-state index contributed by atoms with van der Waals surface area (Å²) in [6, 6.07) is 14.5. The molecule has 0 radical (unpaired) electrons. The van der Waals surface area contributed by atoms with E-state index in [1.807, 2.05) is 24.3 Å². The first kappa shape index (κ1) is 25.8. The van der Waals surface area contributed by atoms with E-state index in [1.54, 1.807) is 31.2 Å². The van der Waals surface area contributed by atoms with Gasteiger partial charge in [-0.1, -0.05) is 47.6 Å². The summed E-state index contributed by atoms with van der Waals surface area (Å²) in [5.41, 5.74) is 3.44. The third-order valence-corrected chi connectivity index (χ3v) is 7.56. The number of amides is 3. The standard InChI is InChI=1S/C28H24F3N5O4/c1-15-19(14-40-34-15)21-17(10-11-28(29,30)31)25(37)36(26(21)38)24-27(39)35-13-12-32-20-9-5-8-18(23(20)35)22(33-24)16-6-3-2-4-7-16/h2-9,14,17,21,24,32H,10-13H2,1H3/t17-,21-,24+/m1/s1. The molecule has 206 valence electrons. The largest absolute Gasteiger partial charge is 0.389 e. The fourth-order valence-electron chi connectivity index (χ4n) is 5.73. The van der Waals surface area contributed by atoms with Crippen LogP contribution in [0.5, 0.6) is 0 Å². The Labute approximate surface area is 226 Å². The van der Waals surface area contributed by atoms with Crippen LogP contribution in [0.3, 0.4) is 0 Å². The monoisotopic (exact) mass is 551 g/mol. The van der Waals surface area contributed by atoms with Crippen molar-refractivity contribution in [3.8, 4) is 0 Å². The van der Waals surface area contributed by atoms with Crippen molar-refractivity contribution in [3.05, 3.63) is 77.2 Å². The number of imide groups is 1. The minimum absolute atomic E-state index is 0.217. The first-order valence-electron chi connectivity index (χ1n) is 12.8. The van der Waals surface area contributed by atoms with Crippen LogP contribution in [0.25, 0.3) is 0 Å². The summed E-state index contributed by atoms with van der Waals surface area (Å²) >= 11 is 0. The molecule has 9 nitrogen and oxygen atoms in total. The van der Waals surface area contributed by atoms with Gasteiger partial charge in [-0.2, -0.15) is 13.2 Å². The average molecular weight is 552 g/mol. The van der Waals surface area contributed by atoms with Gasteiger partial charge in [0.1, 0.15) is 6.26 Å². The van der Waals surface area contributed by atoms with Gasteiger partial charge in [-0.3, -0.25) is 14.4 Å². The van der Waals surface area contributed by atoms with E-state index in [1.165, 1.54) is 11.2 Å². The number of benzene rings is 2. The van der Waals surface area contributed by atoms with E-state index in [9.17, 15) is 27.6 Å². The molecule has 3 aliphatic rings. The maximum atomic E-state index is 14.1. The van der Waals surface area contributed by atoms with E-state index in [2.05, 4.69) is 10.5 Å². The van der Waals surface area contributed by atoms with Gasteiger partial charge in [0.25, 0.3) is 5.91 Å². The van der Waals surface area contributed by atoms with Crippen molar-refractivity contribution in [1.29, 1.82) is 0 Å². The maximum Gasteiger partial charge on any atom is 0.389 e. The van der Waals surface area contributed by atoms with Crippen LogP contribution in [0.4, 0.5) is 24.5 Å². The van der Waals surface area contributed by atoms with Crippen molar-refractivity contribution in [2.24, 2.45) is 10.9 Å². The summed E-state index contributed by atoms with van der Waals surface area (Å²) in [6.45, 7) is 2.22. The molecule has 3 aliphatic heterocycles. The number of rotatable bonds is 5. The summed E-state index contributed by atoms with van der Waals surface area (Å²) in [5, 5.41) is 7.04. The number of hydrogen-bond acceptors (Lipinski definition) is 7. The van der Waals surface area contributed by atoms with E-state index in [4.69, 9.17) is 9.52 Å². The highest BCUT2D eigenvalue weighted by Crippen LogP contribution is 2.44. The number of anilines is 2. The highest BCUT2D eigenvalue weighted by molar-refractivity contribution is 6.23. The molecule has 12 heteroatoms. The van der Waals surface area contributed by atoms with Crippen LogP contribution in [0.2, 0.25) is 0 Å². The molecule has 1 N–H and O–H groups in total. The maximum absolute atomic E-state index is 14.1. The number of aryl methyl sites for hydroxylation is 1. The van der Waals surface area contributed by atoms with Gasteiger partial charge in [-0.15, -0.1) is 0 Å². The van der Waals surface area contributed by atoms with Crippen LogP contribution in [-0.4, -0.2) is 58.9 Å². The van der Waals surface area contributed by atoms with Crippen LogP contribution in [0, 0.1) is 12.8 Å². The highest BCUT2D eigenvalue weighted by atomic mass is 19.4. The first-order valence-corrected chi connectivity index (χ1v) is 12.8. The number of alkyl halides is 3. The Kier molecular flexibility index (Phi) is 6.20. The van der Waals surface area contributed by atoms with Crippen molar-refractivity contribution in [3.63, 3.8) is 0 Å². The van der Waals surface area contributed by atoms with Gasteiger partial charge in [-0.25, -0.2) is 9.89 Å². The second-order valence-electron chi connectivity index (χ2n) is 9.98. The third kappa shape index (κ3) is 4.23. The normalized spacial score (nSPS) is 22.6. The fraction of sp³-hybridized carbons (Fsp3) is 0.321. The lowest BCUT2D eigenvalue weighted by molar-refractivity contribution is -0.148. The molecule has 3 aromatic rings. The van der Waals surface area contributed by atoms with Crippen LogP contribution in [-0.2, 0) is 14.4 Å². The van der Waals surface area contributed by atoms with Crippen LogP contribution in [0.15, 0.2) is 64.3 Å². The van der Waals surface area contributed by atoms with Crippen molar-refractivity contribution >= 4 is 34.8 Å². The van der Waals surface area contributed by atoms with Crippen molar-refractivity contribution < 1.29 is 32.1 Å². The number of nitrogens with zero attached hydrogens (tertiary/aromatic N) is 4. The predicted octanol–water partition coefficient (Wildman–Crippen LogP) is 4.03. The quantitative estimate of drug-likeness (QED) is 0.480. The lowest BCUT2D eigenvalue weighted by atomic mass is 9.85. The molecule has 6 rings (SSSR count). The van der Waals surface area contributed by atoms with Crippen LogP contribution in [0.1, 0.15) is 41.1 Å². The van der Waals surface area contributed by atoms with Crippen LogP contribution >= 0.6 is 0 Å². The molecule has 1 fully saturated rings. The van der Waals surface area contributed by atoms with Crippen molar-refractivity contribution in [2.45, 2.75) is 38.0 Å². The zero-order chi connectivity index (χ0) is 28.2. The van der Waals surface area contributed by atoms with Gasteiger partial charge in [0, 0.05) is 36.2 Å². The Balaban J connectivity index is 1.50. The lowest BCUT2D eigenvalue weighted by Crippen LogP contribution is -2.52. The van der Waals surface area contributed by atoms with E-state index in [-0.39, 0.29) is 17.8 Å². The summed E-state index contributed by atoms with van der Waals surface area (Å²) in [4.78, 5) is 48.8. The minimum atomic E-state index is -4.54. The molecule has 2 aromatic carbocycles. The fourth-order valence-corrected chi connectivity index (χ4v) is 5.73. The molecule has 1 aromatic heterocycles. The summed E-state index contributed by atoms with van der Waals surface area (Å²) < 4.78 is 44.7. The molecular formula is C28H24F3N5O4. The van der Waals surface area contributed by atoms with Crippen LogP contribution < -0.4 is 10.2 Å². The summed E-state index contributed by atoms with van der Waals surface area (Å²) in [6.07, 6.45) is -6.88. The van der Waals surface area contributed by atoms with Gasteiger partial charge in [0.05, 0.1) is 34.6 Å². The number of halogens is 3. The van der Waals surface area contributed by atoms with E-state index in [0.717, 1.165) is 4.90 Å². The molecule has 0 saturated carbocycles. The molecule has 3 atom stereocenters. The van der Waals surface area contributed by atoms with Crippen molar-refractivity contribution in [2.75, 3.05) is 23.3 Å². The number of para-hydroxylation sites is 1. The van der Waals surface area contributed by atoms with E-state index >= 15 is 0 Å². The number of aromatic nitrogens is 1. The first-order chi connectivity index (χ1) is 19.2. The number of hydrogen-bond donors (Lipinski definition) is 1. The molecule has 4 heterocycles. The van der Waals surface area contributed by atoms with Gasteiger partial charge in [0.15, 0.2) is 0 Å². The zero-order valence-corrected chi connectivity index (χ0v) is 21.3. The van der Waals surface area contributed by atoms with Gasteiger partial charge < -0.3 is 14.7 Å². The second kappa shape index (κ2) is 9.61. The lowest BCUT2D eigenvalue weighted by Gasteiger charge is -2.33. The SMILES string of the molecule is Cc1nocc1[C@@H]1C(=O)N([C@@H]2N=C(c3ccccc3)c3cccc4c3N(CCN4)C2=O)C(=O)[C@@H]1CCC(F)(F)F. The average Bonchev–Trinajstić information content (AvgIpc) is 3.42. The minimum Gasteiger partial charge on any atom is -0.382 e. The number of likely N-dealkylation sites (tertiary alicyclic amines) is 1. The Morgan fingerprint density at radius 3 is 2.50 bits per heavy atom. The smallest absolute Gasteiger partial charge is 0.382 e. The Bertz CT molecular complexity index is 1530. The number of carbonyl (C=O) groups excluding carboxylic acids is 3. The van der Waals surface area contributed by atoms with Gasteiger partial charge >= 0.3 is 6.18 Å².